The molecule has 0 saturated carbocycles. The van der Waals surface area contributed by atoms with Crippen molar-refractivity contribution in [3.8, 4) is 0 Å². The van der Waals surface area contributed by atoms with Gasteiger partial charge in [-0.15, -0.1) is 0 Å². The standard InChI is InChI=1S/C13H18N2O4/c1-9-7-10(5-6-11(9)15(18)19)14(8-12(16)17)13(2,3)4/h5-7H,8H2,1-4H3,(H,16,17). The van der Waals surface area contributed by atoms with Crippen LogP contribution in [-0.4, -0.2) is 28.1 Å². The Hall–Kier alpha value is -2.11. The molecule has 0 unspecified atom stereocenters. The number of carboxylic acids is 1. The molecule has 0 aliphatic heterocycles. The molecule has 0 spiro atoms. The number of nitrogens with zero attached hydrogens (tertiary/aromatic N) is 2. The summed E-state index contributed by atoms with van der Waals surface area (Å²) >= 11 is 0. The van der Waals surface area contributed by atoms with E-state index in [1.807, 2.05) is 20.8 Å². The van der Waals surface area contributed by atoms with Gasteiger partial charge in [0.05, 0.1) is 4.92 Å². The van der Waals surface area contributed by atoms with Gasteiger partial charge in [-0.3, -0.25) is 14.9 Å². The molecule has 0 heterocycles. The first-order chi connectivity index (χ1) is 8.62. The Morgan fingerprint density at radius 3 is 2.37 bits per heavy atom. The summed E-state index contributed by atoms with van der Waals surface area (Å²) in [4.78, 5) is 23.0. The zero-order valence-electron chi connectivity index (χ0n) is 11.5. The molecule has 1 rings (SSSR count). The predicted octanol–water partition coefficient (Wildman–Crippen LogP) is 2.59. The number of anilines is 1. The number of hydrogen-bond acceptors (Lipinski definition) is 4. The van der Waals surface area contributed by atoms with Crippen molar-refractivity contribution in [3.63, 3.8) is 0 Å². The van der Waals surface area contributed by atoms with Crippen LogP contribution in [0.3, 0.4) is 0 Å². The van der Waals surface area contributed by atoms with E-state index in [9.17, 15) is 14.9 Å². The Labute approximate surface area is 111 Å². The highest BCUT2D eigenvalue weighted by Gasteiger charge is 2.25. The van der Waals surface area contributed by atoms with Gasteiger partial charge in [0.2, 0.25) is 0 Å². The number of hydrogen-bond donors (Lipinski definition) is 1. The fourth-order valence-corrected chi connectivity index (χ4v) is 1.86. The Balaban J connectivity index is 3.21. The van der Waals surface area contributed by atoms with Gasteiger partial charge in [-0.05, 0) is 39.8 Å². The molecule has 1 aromatic carbocycles. The summed E-state index contributed by atoms with van der Waals surface area (Å²) in [6, 6.07) is 4.64. The lowest BCUT2D eigenvalue weighted by Crippen LogP contribution is -2.44. The number of aliphatic carboxylic acids is 1. The van der Waals surface area contributed by atoms with Gasteiger partial charge in [0.1, 0.15) is 6.54 Å². The van der Waals surface area contributed by atoms with Crippen molar-refractivity contribution in [3.05, 3.63) is 33.9 Å². The number of nitro groups is 1. The van der Waals surface area contributed by atoms with Gasteiger partial charge in [0.15, 0.2) is 0 Å². The molecule has 0 fully saturated rings. The van der Waals surface area contributed by atoms with Gasteiger partial charge < -0.3 is 10.0 Å². The van der Waals surface area contributed by atoms with Crippen molar-refractivity contribution in [2.24, 2.45) is 0 Å². The van der Waals surface area contributed by atoms with E-state index < -0.39 is 10.9 Å². The Bertz CT molecular complexity index is 506. The van der Waals surface area contributed by atoms with Crippen LogP contribution in [0.1, 0.15) is 26.3 Å². The van der Waals surface area contributed by atoms with Gasteiger partial charge >= 0.3 is 5.97 Å². The third-order valence-electron chi connectivity index (χ3n) is 2.79. The average molecular weight is 266 g/mol. The first-order valence-corrected chi connectivity index (χ1v) is 5.87. The zero-order valence-corrected chi connectivity index (χ0v) is 11.5. The van der Waals surface area contributed by atoms with Gasteiger partial charge in [-0.2, -0.15) is 0 Å². The highest BCUT2D eigenvalue weighted by atomic mass is 16.6. The van der Waals surface area contributed by atoms with Crippen LogP contribution in [0.2, 0.25) is 0 Å². The summed E-state index contributed by atoms with van der Waals surface area (Å²) in [6.45, 7) is 7.18. The number of rotatable bonds is 4. The fraction of sp³-hybridized carbons (Fsp3) is 0.462. The second kappa shape index (κ2) is 5.26. The second-order valence-corrected chi connectivity index (χ2v) is 5.38. The smallest absolute Gasteiger partial charge is 0.323 e. The predicted molar refractivity (Wildman–Crippen MR) is 72.6 cm³/mol. The van der Waals surface area contributed by atoms with E-state index in [1.54, 1.807) is 24.0 Å². The molecule has 6 nitrogen and oxygen atoms in total. The van der Waals surface area contributed by atoms with E-state index in [2.05, 4.69) is 0 Å². The monoisotopic (exact) mass is 266 g/mol. The molecule has 0 aromatic heterocycles. The van der Waals surface area contributed by atoms with Crippen LogP contribution in [0.5, 0.6) is 0 Å². The Morgan fingerprint density at radius 1 is 1.42 bits per heavy atom. The SMILES string of the molecule is Cc1cc(N(CC(=O)O)C(C)(C)C)ccc1[N+](=O)[O-]. The maximum atomic E-state index is 10.9. The summed E-state index contributed by atoms with van der Waals surface area (Å²) in [5, 5.41) is 19.7. The van der Waals surface area contributed by atoms with Crippen molar-refractivity contribution in [2.75, 3.05) is 11.4 Å². The molecule has 1 N–H and O–H groups in total. The highest BCUT2D eigenvalue weighted by molar-refractivity contribution is 5.74. The van der Waals surface area contributed by atoms with Crippen LogP contribution in [0, 0.1) is 17.0 Å². The van der Waals surface area contributed by atoms with E-state index in [-0.39, 0.29) is 17.8 Å². The van der Waals surface area contributed by atoms with Crippen LogP contribution in [0.25, 0.3) is 0 Å². The molecule has 0 radical (unpaired) electrons. The summed E-state index contributed by atoms with van der Waals surface area (Å²) < 4.78 is 0. The van der Waals surface area contributed by atoms with Crippen LogP contribution >= 0.6 is 0 Å². The Kier molecular flexibility index (Phi) is 4.14. The van der Waals surface area contributed by atoms with Gasteiger partial charge in [-0.1, -0.05) is 0 Å². The van der Waals surface area contributed by atoms with Gasteiger partial charge in [0, 0.05) is 22.9 Å². The molecule has 0 atom stereocenters. The van der Waals surface area contributed by atoms with Crippen molar-refractivity contribution in [2.45, 2.75) is 33.2 Å². The average Bonchev–Trinajstić information content (AvgIpc) is 2.23. The van der Waals surface area contributed by atoms with E-state index >= 15 is 0 Å². The number of carboxylic acid groups (broad SMARTS) is 1. The molecule has 0 aliphatic carbocycles. The summed E-state index contributed by atoms with van der Waals surface area (Å²) in [5.41, 5.74) is 0.828. The molecule has 1 aromatic rings. The largest absolute Gasteiger partial charge is 0.480 e. The van der Waals surface area contributed by atoms with Crippen LogP contribution < -0.4 is 4.90 Å². The summed E-state index contributed by atoms with van der Waals surface area (Å²) in [6.07, 6.45) is 0. The summed E-state index contributed by atoms with van der Waals surface area (Å²) in [5.74, 6) is -0.939. The van der Waals surface area contributed by atoms with Gasteiger partial charge in [-0.25, -0.2) is 0 Å². The maximum absolute atomic E-state index is 10.9. The molecule has 0 saturated heterocycles. The molecule has 0 aliphatic rings. The fourth-order valence-electron chi connectivity index (χ4n) is 1.86. The van der Waals surface area contributed by atoms with Crippen molar-refractivity contribution >= 4 is 17.3 Å². The normalized spacial score (nSPS) is 11.2. The molecular weight excluding hydrogens is 248 g/mol. The number of carbonyl (C=O) groups is 1. The third kappa shape index (κ3) is 3.67. The highest BCUT2D eigenvalue weighted by Crippen LogP contribution is 2.28. The first-order valence-electron chi connectivity index (χ1n) is 5.87. The number of benzene rings is 1. The van der Waals surface area contributed by atoms with E-state index in [4.69, 9.17) is 5.11 Å². The lowest BCUT2D eigenvalue weighted by atomic mass is 10.0. The number of nitro benzene ring substituents is 1. The Morgan fingerprint density at radius 2 is 2.00 bits per heavy atom. The summed E-state index contributed by atoms with van der Waals surface area (Å²) in [7, 11) is 0. The topological polar surface area (TPSA) is 83.7 Å². The minimum Gasteiger partial charge on any atom is -0.480 e. The molecular formula is C13H18N2O4. The molecule has 19 heavy (non-hydrogen) atoms. The minimum absolute atomic E-state index is 0.0351. The first kappa shape index (κ1) is 14.9. The molecule has 104 valence electrons. The van der Waals surface area contributed by atoms with E-state index in [0.717, 1.165) is 0 Å². The molecule has 6 heteroatoms. The lowest BCUT2D eigenvalue weighted by Gasteiger charge is -2.36. The van der Waals surface area contributed by atoms with Crippen LogP contribution in [0.4, 0.5) is 11.4 Å². The van der Waals surface area contributed by atoms with Crippen molar-refractivity contribution < 1.29 is 14.8 Å². The second-order valence-electron chi connectivity index (χ2n) is 5.38. The van der Waals surface area contributed by atoms with Crippen molar-refractivity contribution in [1.29, 1.82) is 0 Å². The van der Waals surface area contributed by atoms with E-state index in [1.165, 1.54) is 6.07 Å². The van der Waals surface area contributed by atoms with Crippen LogP contribution in [0.15, 0.2) is 18.2 Å². The maximum Gasteiger partial charge on any atom is 0.323 e. The quantitative estimate of drug-likeness (QED) is 0.669. The lowest BCUT2D eigenvalue weighted by molar-refractivity contribution is -0.385. The third-order valence-corrected chi connectivity index (χ3v) is 2.79. The van der Waals surface area contributed by atoms with Crippen LogP contribution in [-0.2, 0) is 4.79 Å². The molecule has 0 amide bonds. The minimum atomic E-state index is -0.939. The van der Waals surface area contributed by atoms with Crippen molar-refractivity contribution in [1.82, 2.24) is 0 Å². The molecule has 0 bridgehead atoms. The zero-order chi connectivity index (χ0) is 14.8. The van der Waals surface area contributed by atoms with Gasteiger partial charge in [0.25, 0.3) is 5.69 Å². The van der Waals surface area contributed by atoms with E-state index in [0.29, 0.717) is 11.3 Å². The number of aryl methyl sites for hydroxylation is 1.